The summed E-state index contributed by atoms with van der Waals surface area (Å²) in [6.07, 6.45) is -4.32. The maximum atomic E-state index is 10.2. The fraction of sp³-hybridized carbons (Fsp3) is 0.368. The molecule has 0 aromatic heterocycles. The molecule has 2 aromatic carbocycles. The van der Waals surface area contributed by atoms with Crippen molar-refractivity contribution in [1.82, 2.24) is 0 Å². The van der Waals surface area contributed by atoms with Crippen LogP contribution in [0, 0.1) is 13.8 Å². The van der Waals surface area contributed by atoms with Crippen molar-refractivity contribution in [2.24, 2.45) is 10.3 Å². The number of aliphatic hydroxyl groups excluding tert-OH is 4. The number of hydrogen-bond donors (Lipinski definition) is 4. The Kier molecular flexibility index (Phi) is 7.70. The molecule has 0 aliphatic heterocycles. The molecule has 3 unspecified atom stereocenters. The summed E-state index contributed by atoms with van der Waals surface area (Å²) >= 11 is 5.86. The smallest absolute Gasteiger partial charge is 0.110 e. The van der Waals surface area contributed by atoms with Gasteiger partial charge in [-0.25, -0.2) is 5.01 Å². The summed E-state index contributed by atoms with van der Waals surface area (Å²) in [7, 11) is 0. The Morgan fingerprint density at radius 1 is 0.963 bits per heavy atom. The van der Waals surface area contributed by atoms with E-state index in [9.17, 15) is 15.3 Å². The number of halogens is 1. The molecular weight excluding hydrogens is 370 g/mol. The molecule has 7 nitrogen and oxygen atoms in total. The van der Waals surface area contributed by atoms with Crippen molar-refractivity contribution in [1.29, 1.82) is 0 Å². The van der Waals surface area contributed by atoms with Crippen LogP contribution in [0.1, 0.15) is 11.1 Å². The van der Waals surface area contributed by atoms with E-state index >= 15 is 0 Å². The molecule has 146 valence electrons. The average Bonchev–Trinajstić information content (AvgIpc) is 2.67. The molecule has 0 fully saturated rings. The summed E-state index contributed by atoms with van der Waals surface area (Å²) in [4.78, 5) is 0. The summed E-state index contributed by atoms with van der Waals surface area (Å²) in [6.45, 7) is 3.15. The van der Waals surface area contributed by atoms with Crippen LogP contribution in [0.2, 0.25) is 5.02 Å². The van der Waals surface area contributed by atoms with Crippen LogP contribution in [0.3, 0.4) is 0 Å². The Morgan fingerprint density at radius 3 is 2.22 bits per heavy atom. The van der Waals surface area contributed by atoms with Crippen LogP contribution in [0.4, 0.5) is 11.4 Å². The molecule has 0 aliphatic rings. The standard InChI is InChI=1S/C19H24ClN3O4/c1-12-3-8-16(9-13(12)2)23(10-17(25)19(27)18(26)11-24)22-21-15-6-4-14(20)5-7-15/h3-9,17-19,24-27H,10-11H2,1-2H3. The monoisotopic (exact) mass is 393 g/mol. The van der Waals surface area contributed by atoms with Gasteiger partial charge >= 0.3 is 0 Å². The highest BCUT2D eigenvalue weighted by Crippen LogP contribution is 2.23. The van der Waals surface area contributed by atoms with Gasteiger partial charge in [-0.1, -0.05) is 22.9 Å². The summed E-state index contributed by atoms with van der Waals surface area (Å²) in [5.74, 6) is 0. The van der Waals surface area contributed by atoms with Gasteiger partial charge in [-0.2, -0.15) is 0 Å². The molecule has 0 aliphatic carbocycles. The van der Waals surface area contributed by atoms with Crippen LogP contribution in [-0.4, -0.2) is 51.9 Å². The van der Waals surface area contributed by atoms with Gasteiger partial charge in [-0.3, -0.25) is 0 Å². The largest absolute Gasteiger partial charge is 0.394 e. The third-order valence-corrected chi connectivity index (χ3v) is 4.47. The maximum absolute atomic E-state index is 10.2. The van der Waals surface area contributed by atoms with Crippen molar-refractivity contribution in [2.75, 3.05) is 18.2 Å². The Balaban J connectivity index is 2.27. The molecule has 0 spiro atoms. The highest BCUT2D eigenvalue weighted by molar-refractivity contribution is 6.30. The number of rotatable bonds is 8. The number of anilines is 1. The summed E-state index contributed by atoms with van der Waals surface area (Å²) in [5, 5.41) is 49.0. The maximum Gasteiger partial charge on any atom is 0.110 e. The molecule has 4 N–H and O–H groups in total. The molecule has 2 aromatic rings. The average molecular weight is 394 g/mol. The fourth-order valence-electron chi connectivity index (χ4n) is 2.34. The van der Waals surface area contributed by atoms with Gasteiger partial charge in [0.1, 0.15) is 18.3 Å². The number of nitrogens with zero attached hydrogens (tertiary/aromatic N) is 3. The van der Waals surface area contributed by atoms with Crippen molar-refractivity contribution < 1.29 is 20.4 Å². The zero-order valence-electron chi connectivity index (χ0n) is 15.2. The first kappa shape index (κ1) is 21.3. The predicted octanol–water partition coefficient (Wildman–Crippen LogP) is 2.54. The van der Waals surface area contributed by atoms with Gasteiger partial charge in [0, 0.05) is 5.02 Å². The number of benzene rings is 2. The van der Waals surface area contributed by atoms with Crippen molar-refractivity contribution >= 4 is 23.0 Å². The van der Waals surface area contributed by atoms with Crippen molar-refractivity contribution in [3.05, 3.63) is 58.6 Å². The van der Waals surface area contributed by atoms with Crippen LogP contribution < -0.4 is 5.01 Å². The zero-order chi connectivity index (χ0) is 20.0. The van der Waals surface area contributed by atoms with Gasteiger partial charge in [0.25, 0.3) is 0 Å². The number of aliphatic hydroxyl groups is 4. The quantitative estimate of drug-likeness (QED) is 0.407. The lowest BCUT2D eigenvalue weighted by Crippen LogP contribution is -2.44. The van der Waals surface area contributed by atoms with E-state index in [1.54, 1.807) is 24.3 Å². The van der Waals surface area contributed by atoms with Crippen LogP contribution in [0.5, 0.6) is 0 Å². The molecule has 0 heterocycles. The van der Waals surface area contributed by atoms with Gasteiger partial charge in [0.05, 0.1) is 24.5 Å². The highest BCUT2D eigenvalue weighted by atomic mass is 35.5. The Morgan fingerprint density at radius 2 is 1.63 bits per heavy atom. The minimum absolute atomic E-state index is 0.127. The first-order valence-electron chi connectivity index (χ1n) is 8.49. The lowest BCUT2D eigenvalue weighted by molar-refractivity contribution is -0.0732. The zero-order valence-corrected chi connectivity index (χ0v) is 16.0. The van der Waals surface area contributed by atoms with Crippen molar-refractivity contribution in [3.63, 3.8) is 0 Å². The third-order valence-electron chi connectivity index (χ3n) is 4.22. The van der Waals surface area contributed by atoms with E-state index in [1.165, 1.54) is 5.01 Å². The van der Waals surface area contributed by atoms with Crippen LogP contribution in [0.25, 0.3) is 0 Å². The molecule has 0 amide bonds. The predicted molar refractivity (Wildman–Crippen MR) is 104 cm³/mol. The second kappa shape index (κ2) is 9.77. The first-order valence-corrected chi connectivity index (χ1v) is 8.86. The highest BCUT2D eigenvalue weighted by Gasteiger charge is 2.26. The van der Waals surface area contributed by atoms with Gasteiger partial charge in [-0.15, -0.1) is 5.11 Å². The molecule has 0 saturated carbocycles. The number of aryl methyl sites for hydroxylation is 2. The van der Waals surface area contributed by atoms with Crippen LogP contribution >= 0.6 is 11.6 Å². The van der Waals surface area contributed by atoms with E-state index in [0.29, 0.717) is 16.4 Å². The minimum atomic E-state index is -1.52. The third kappa shape index (κ3) is 5.98. The minimum Gasteiger partial charge on any atom is -0.394 e. The Hall–Kier alpha value is -2.03. The topological polar surface area (TPSA) is 109 Å². The fourth-order valence-corrected chi connectivity index (χ4v) is 2.47. The molecule has 0 bridgehead atoms. The first-order chi connectivity index (χ1) is 12.8. The second-order valence-corrected chi connectivity index (χ2v) is 6.76. The molecule has 8 heteroatoms. The van der Waals surface area contributed by atoms with E-state index in [1.807, 2.05) is 32.0 Å². The van der Waals surface area contributed by atoms with E-state index in [2.05, 4.69) is 10.3 Å². The van der Waals surface area contributed by atoms with Gasteiger partial charge < -0.3 is 20.4 Å². The molecule has 0 radical (unpaired) electrons. The van der Waals surface area contributed by atoms with Gasteiger partial charge in [-0.05, 0) is 61.4 Å². The van der Waals surface area contributed by atoms with Crippen molar-refractivity contribution in [3.8, 4) is 0 Å². The number of hydrogen-bond acceptors (Lipinski definition) is 6. The van der Waals surface area contributed by atoms with E-state index in [4.69, 9.17) is 16.7 Å². The van der Waals surface area contributed by atoms with Crippen LogP contribution in [-0.2, 0) is 0 Å². The lowest BCUT2D eigenvalue weighted by atomic mass is 10.1. The second-order valence-electron chi connectivity index (χ2n) is 6.32. The van der Waals surface area contributed by atoms with Crippen molar-refractivity contribution in [2.45, 2.75) is 32.2 Å². The Bertz CT molecular complexity index is 770. The summed E-state index contributed by atoms with van der Waals surface area (Å²) < 4.78 is 0. The molecule has 27 heavy (non-hydrogen) atoms. The van der Waals surface area contributed by atoms with Gasteiger partial charge in [0.15, 0.2) is 0 Å². The lowest BCUT2D eigenvalue weighted by Gasteiger charge is -2.26. The van der Waals surface area contributed by atoms with E-state index in [0.717, 1.165) is 11.1 Å². The van der Waals surface area contributed by atoms with Gasteiger partial charge in [0.2, 0.25) is 0 Å². The normalized spacial score (nSPS) is 14.9. The SMILES string of the molecule is Cc1ccc(N(CC(O)C(O)C(O)CO)N=Nc2ccc(Cl)cc2)cc1C. The summed E-state index contributed by atoms with van der Waals surface area (Å²) in [6, 6.07) is 12.4. The van der Waals surface area contributed by atoms with E-state index in [-0.39, 0.29) is 6.54 Å². The van der Waals surface area contributed by atoms with Crippen LogP contribution in [0.15, 0.2) is 52.8 Å². The molecule has 2 rings (SSSR count). The molecule has 3 atom stereocenters. The van der Waals surface area contributed by atoms with E-state index < -0.39 is 24.9 Å². The Labute approximate surface area is 163 Å². The molecular formula is C19H24ClN3O4. The molecule has 0 saturated heterocycles. The summed E-state index contributed by atoms with van der Waals surface area (Å²) in [5.41, 5.74) is 3.37.